The number of carbonyl (C=O) groups excluding carboxylic acids is 4. The lowest BCUT2D eigenvalue weighted by atomic mass is 10.1. The van der Waals surface area contributed by atoms with Crippen molar-refractivity contribution in [3.63, 3.8) is 0 Å². The first-order valence-electron chi connectivity index (χ1n) is 7.53. The molecule has 3 rings (SSSR count). The summed E-state index contributed by atoms with van der Waals surface area (Å²) in [7, 11) is 0. The van der Waals surface area contributed by atoms with Crippen LogP contribution in [0.3, 0.4) is 0 Å². The third-order valence-electron chi connectivity index (χ3n) is 3.78. The average molecular weight is 396 g/mol. The molecule has 0 aromatic heterocycles. The van der Waals surface area contributed by atoms with Crippen molar-refractivity contribution in [2.24, 2.45) is 0 Å². The van der Waals surface area contributed by atoms with Crippen molar-refractivity contribution in [3.8, 4) is 0 Å². The molecule has 0 saturated carbocycles. The van der Waals surface area contributed by atoms with Gasteiger partial charge < -0.3 is 0 Å². The molecule has 8 heteroatoms. The number of thioether (sulfide) groups is 1. The van der Waals surface area contributed by atoms with E-state index in [-0.39, 0.29) is 17.8 Å². The minimum Gasteiger partial charge on any atom is -0.294 e. The molecule has 130 valence electrons. The van der Waals surface area contributed by atoms with Crippen LogP contribution in [-0.4, -0.2) is 33.6 Å². The maximum atomic E-state index is 12.6. The van der Waals surface area contributed by atoms with E-state index in [2.05, 4.69) is 6.92 Å². The monoisotopic (exact) mass is 395 g/mol. The zero-order chi connectivity index (χ0) is 18.6. The predicted octanol–water partition coefficient (Wildman–Crippen LogP) is 3.25. The summed E-state index contributed by atoms with van der Waals surface area (Å²) in [5.74, 6) is -0.187. The van der Waals surface area contributed by atoms with E-state index in [1.165, 1.54) is 11.8 Å². The fourth-order valence-electron chi connectivity index (χ4n) is 2.65. The van der Waals surface area contributed by atoms with Gasteiger partial charge in [0.25, 0.3) is 5.91 Å². The Kier molecular flexibility index (Phi) is 6.67. The second-order valence-corrected chi connectivity index (χ2v) is 7.45. The molecule has 0 N–H and O–H groups in total. The number of allylic oxidation sites excluding steroid dienone is 1. The largest absolute Gasteiger partial charge is 0.373 e. The van der Waals surface area contributed by atoms with Crippen LogP contribution < -0.4 is 0 Å². The summed E-state index contributed by atoms with van der Waals surface area (Å²) in [6, 6.07) is 5.37. The Bertz CT molecular complexity index is 813. The Morgan fingerprint density at radius 1 is 1.32 bits per heavy atom. The molecule has 0 unspecified atom stereocenters. The first-order valence-corrected chi connectivity index (χ1v) is 9.14. The number of hydrogen-bond donors (Lipinski definition) is 0. The molecular weight excluding hydrogens is 382 g/mol. The van der Waals surface area contributed by atoms with Crippen LogP contribution in [-0.2, 0) is 25.6 Å². The second kappa shape index (κ2) is 8.54. The fraction of sp³-hybridized carbons (Fsp3) is 0.294. The minimum absolute atomic E-state index is 0.0340. The number of Topliss-reactive ketones (excluding diaryl/α,β-unsaturated/α-hetero) is 1. The normalized spacial score (nSPS) is 18.8. The molecule has 5 nitrogen and oxygen atoms in total. The number of thiocarbonyl (C=S) groups is 1. The smallest absolute Gasteiger partial charge is 0.294 e. The molecule has 0 atom stereocenters. The number of halogens is 1. The molecule has 1 aliphatic carbocycles. The molecule has 2 aliphatic rings. The van der Waals surface area contributed by atoms with Gasteiger partial charge in [-0.3, -0.25) is 14.5 Å². The number of benzene rings is 1. The van der Waals surface area contributed by atoms with Gasteiger partial charge in [0, 0.05) is 23.6 Å². The molecule has 1 aromatic rings. The standard InChI is InChI=1S/C16H14ClNO2S2.CO2/c1-2-3-6-18-15(20)14(22-16(18)21)13-11-8-10(17)5-4-9(11)7-12(13)19;2-1-3/h4-5,8H,2-3,6-7H2,1H3;/b14-13-;. The molecule has 0 radical (unpaired) electrons. The summed E-state index contributed by atoms with van der Waals surface area (Å²) in [6.45, 7) is 2.67. The van der Waals surface area contributed by atoms with Gasteiger partial charge in [-0.05, 0) is 29.7 Å². The Hall–Kier alpha value is -1.79. The van der Waals surface area contributed by atoms with Crippen molar-refractivity contribution in [2.75, 3.05) is 6.54 Å². The highest BCUT2D eigenvalue weighted by Gasteiger charge is 2.38. The van der Waals surface area contributed by atoms with Gasteiger partial charge in [-0.15, -0.1) is 0 Å². The number of amides is 1. The summed E-state index contributed by atoms with van der Waals surface area (Å²) in [5, 5.41) is 0.562. The fourth-order valence-corrected chi connectivity index (χ4v) is 4.23. The summed E-state index contributed by atoms with van der Waals surface area (Å²) in [5.41, 5.74) is 2.17. The molecule has 1 heterocycles. The number of unbranched alkanes of at least 4 members (excludes halogenated alkanes) is 1. The van der Waals surface area contributed by atoms with Crippen LogP contribution in [0.25, 0.3) is 5.57 Å². The number of ketones is 1. The summed E-state index contributed by atoms with van der Waals surface area (Å²) < 4.78 is 0.532. The Morgan fingerprint density at radius 2 is 2.00 bits per heavy atom. The Labute approximate surface area is 159 Å². The maximum Gasteiger partial charge on any atom is 0.373 e. The number of fused-ring (bicyclic) bond motifs is 1. The van der Waals surface area contributed by atoms with Gasteiger partial charge >= 0.3 is 6.15 Å². The third-order valence-corrected chi connectivity index (χ3v) is 5.47. The molecule has 25 heavy (non-hydrogen) atoms. The van der Waals surface area contributed by atoms with Gasteiger partial charge in [-0.25, -0.2) is 0 Å². The lowest BCUT2D eigenvalue weighted by molar-refractivity contribution is -0.191. The zero-order valence-corrected chi connectivity index (χ0v) is 15.7. The molecule has 1 fully saturated rings. The van der Waals surface area contributed by atoms with Crippen LogP contribution in [0.15, 0.2) is 23.1 Å². The van der Waals surface area contributed by atoms with Gasteiger partial charge in [0.15, 0.2) is 5.78 Å². The molecular formula is C17H14ClNO4S2. The molecule has 1 aliphatic heterocycles. The van der Waals surface area contributed by atoms with Crippen LogP contribution in [0.4, 0.5) is 0 Å². The quantitative estimate of drug-likeness (QED) is 0.578. The summed E-state index contributed by atoms with van der Waals surface area (Å²) in [4.78, 5) is 43.3. The van der Waals surface area contributed by atoms with Gasteiger partial charge in [-0.2, -0.15) is 9.59 Å². The third kappa shape index (κ3) is 4.07. The number of hydrogen-bond acceptors (Lipinski definition) is 6. The van der Waals surface area contributed by atoms with E-state index < -0.39 is 0 Å². The van der Waals surface area contributed by atoms with E-state index in [0.717, 1.165) is 24.0 Å². The first kappa shape index (κ1) is 19.5. The lowest BCUT2D eigenvalue weighted by Crippen LogP contribution is -2.29. The van der Waals surface area contributed by atoms with E-state index in [1.807, 2.05) is 6.07 Å². The van der Waals surface area contributed by atoms with Crippen molar-refractivity contribution in [1.29, 1.82) is 0 Å². The Balaban J connectivity index is 0.000000701. The summed E-state index contributed by atoms with van der Waals surface area (Å²) >= 11 is 12.6. The maximum absolute atomic E-state index is 12.6. The van der Waals surface area contributed by atoms with Crippen LogP contribution in [0.1, 0.15) is 30.9 Å². The molecule has 1 amide bonds. The second-order valence-electron chi connectivity index (χ2n) is 5.37. The van der Waals surface area contributed by atoms with E-state index >= 15 is 0 Å². The topological polar surface area (TPSA) is 71.5 Å². The zero-order valence-electron chi connectivity index (χ0n) is 13.3. The number of rotatable bonds is 3. The van der Waals surface area contributed by atoms with Crippen LogP contribution in [0, 0.1) is 0 Å². The van der Waals surface area contributed by atoms with Gasteiger partial charge in [0.1, 0.15) is 4.32 Å². The average Bonchev–Trinajstić information content (AvgIpc) is 3.02. The van der Waals surface area contributed by atoms with Crippen molar-refractivity contribution in [1.82, 2.24) is 4.90 Å². The van der Waals surface area contributed by atoms with E-state index in [9.17, 15) is 9.59 Å². The molecule has 0 bridgehead atoms. The van der Waals surface area contributed by atoms with Crippen molar-refractivity contribution in [2.45, 2.75) is 26.2 Å². The molecule has 1 aromatic carbocycles. The van der Waals surface area contributed by atoms with E-state index in [4.69, 9.17) is 33.4 Å². The lowest BCUT2D eigenvalue weighted by Gasteiger charge is -2.13. The minimum atomic E-state index is -0.153. The number of nitrogens with zero attached hydrogens (tertiary/aromatic N) is 1. The van der Waals surface area contributed by atoms with E-state index in [1.54, 1.807) is 17.0 Å². The number of carbonyl (C=O) groups is 2. The highest BCUT2D eigenvalue weighted by molar-refractivity contribution is 8.26. The highest BCUT2D eigenvalue weighted by atomic mass is 35.5. The SMILES string of the molecule is CCCCN1C(=O)/C(=C2/C(=O)Cc3ccc(Cl)cc32)SC1=S.O=C=O. The summed E-state index contributed by atoms with van der Waals surface area (Å²) in [6.07, 6.45) is 2.45. The van der Waals surface area contributed by atoms with Crippen LogP contribution in [0.5, 0.6) is 0 Å². The van der Waals surface area contributed by atoms with Crippen molar-refractivity contribution < 1.29 is 19.2 Å². The van der Waals surface area contributed by atoms with E-state index in [0.29, 0.717) is 32.8 Å². The predicted molar refractivity (Wildman–Crippen MR) is 98.9 cm³/mol. The van der Waals surface area contributed by atoms with Gasteiger partial charge in [-0.1, -0.05) is 55.0 Å². The first-order chi connectivity index (χ1) is 11.9. The van der Waals surface area contributed by atoms with Crippen LogP contribution in [0.2, 0.25) is 5.02 Å². The highest BCUT2D eigenvalue weighted by Crippen LogP contribution is 2.42. The van der Waals surface area contributed by atoms with Crippen molar-refractivity contribution >= 4 is 63.3 Å². The van der Waals surface area contributed by atoms with Crippen LogP contribution >= 0.6 is 35.6 Å². The Morgan fingerprint density at radius 3 is 2.64 bits per heavy atom. The van der Waals surface area contributed by atoms with Crippen molar-refractivity contribution in [3.05, 3.63) is 39.3 Å². The van der Waals surface area contributed by atoms with Gasteiger partial charge in [0.2, 0.25) is 0 Å². The molecule has 0 spiro atoms. The van der Waals surface area contributed by atoms with Gasteiger partial charge in [0.05, 0.1) is 4.91 Å². The molecule has 1 saturated heterocycles.